The number of thiocarbonyl (C=S) groups is 1. The van der Waals surface area contributed by atoms with E-state index in [0.717, 1.165) is 22.9 Å². The Kier molecular flexibility index (Phi) is 5.09. The number of para-hydroxylation sites is 1. The van der Waals surface area contributed by atoms with Crippen LogP contribution in [-0.2, 0) is 0 Å². The molecule has 3 N–H and O–H groups in total. The molecule has 0 radical (unpaired) electrons. The van der Waals surface area contributed by atoms with Crippen molar-refractivity contribution in [2.75, 3.05) is 16.0 Å². The zero-order chi connectivity index (χ0) is 16.8. The van der Waals surface area contributed by atoms with Gasteiger partial charge in [-0.05, 0) is 60.1 Å². The summed E-state index contributed by atoms with van der Waals surface area (Å²) >= 11 is 6.40. The molecule has 1 heterocycles. The number of carbonyl (C=O) groups is 1. The smallest absolute Gasteiger partial charge is 0.277 e. The van der Waals surface area contributed by atoms with Crippen LogP contribution in [-0.4, -0.2) is 20.6 Å². The SMILES string of the molecule is O=C(Nc1ccc(NC(=S)Nc2ccccc2)cc1)c1csnn1. The number of hydrogen-bond acceptors (Lipinski definition) is 5. The van der Waals surface area contributed by atoms with Crippen LogP contribution in [0.15, 0.2) is 60.0 Å². The maximum absolute atomic E-state index is 11.9. The second-order valence-electron chi connectivity index (χ2n) is 4.77. The van der Waals surface area contributed by atoms with Crippen molar-refractivity contribution < 1.29 is 4.79 Å². The average molecular weight is 355 g/mol. The largest absolute Gasteiger partial charge is 0.332 e. The molecule has 1 aromatic heterocycles. The normalized spacial score (nSPS) is 10.0. The molecule has 1 amide bonds. The maximum atomic E-state index is 11.9. The van der Waals surface area contributed by atoms with Crippen LogP contribution in [0.5, 0.6) is 0 Å². The lowest BCUT2D eigenvalue weighted by atomic mass is 10.2. The van der Waals surface area contributed by atoms with E-state index < -0.39 is 0 Å². The highest BCUT2D eigenvalue weighted by Gasteiger charge is 2.08. The minimum Gasteiger partial charge on any atom is -0.332 e. The van der Waals surface area contributed by atoms with Gasteiger partial charge in [0.2, 0.25) is 0 Å². The highest BCUT2D eigenvalue weighted by Crippen LogP contribution is 2.15. The molecular formula is C16H13N5OS2. The summed E-state index contributed by atoms with van der Waals surface area (Å²) in [6.45, 7) is 0. The highest BCUT2D eigenvalue weighted by atomic mass is 32.1. The van der Waals surface area contributed by atoms with Gasteiger partial charge in [-0.25, -0.2) is 0 Å². The highest BCUT2D eigenvalue weighted by molar-refractivity contribution is 7.80. The number of amides is 1. The zero-order valence-corrected chi connectivity index (χ0v) is 14.0. The first-order chi connectivity index (χ1) is 11.7. The van der Waals surface area contributed by atoms with Crippen molar-refractivity contribution in [3.05, 3.63) is 65.7 Å². The quantitative estimate of drug-likeness (QED) is 0.621. The predicted octanol–water partition coefficient (Wildman–Crippen LogP) is 3.60. The van der Waals surface area contributed by atoms with Gasteiger partial charge in [0.25, 0.3) is 5.91 Å². The predicted molar refractivity (Wildman–Crippen MR) is 101 cm³/mol. The van der Waals surface area contributed by atoms with E-state index in [2.05, 4.69) is 25.5 Å². The maximum Gasteiger partial charge on any atom is 0.277 e. The van der Waals surface area contributed by atoms with Gasteiger partial charge in [0.05, 0.1) is 0 Å². The van der Waals surface area contributed by atoms with Crippen LogP contribution in [0.25, 0.3) is 0 Å². The van der Waals surface area contributed by atoms with Crippen LogP contribution >= 0.6 is 23.8 Å². The van der Waals surface area contributed by atoms with E-state index in [-0.39, 0.29) is 5.91 Å². The van der Waals surface area contributed by atoms with E-state index >= 15 is 0 Å². The number of nitrogens with zero attached hydrogens (tertiary/aromatic N) is 2. The van der Waals surface area contributed by atoms with E-state index in [1.165, 1.54) is 0 Å². The van der Waals surface area contributed by atoms with Gasteiger partial charge < -0.3 is 16.0 Å². The van der Waals surface area contributed by atoms with Crippen LogP contribution in [0, 0.1) is 0 Å². The summed E-state index contributed by atoms with van der Waals surface area (Å²) in [6, 6.07) is 16.9. The summed E-state index contributed by atoms with van der Waals surface area (Å²) in [5.74, 6) is -0.286. The summed E-state index contributed by atoms with van der Waals surface area (Å²) in [7, 11) is 0. The summed E-state index contributed by atoms with van der Waals surface area (Å²) in [5, 5.41) is 14.7. The minimum absolute atomic E-state index is 0.286. The number of hydrogen-bond donors (Lipinski definition) is 3. The molecule has 0 fully saturated rings. The molecule has 3 rings (SSSR count). The lowest BCUT2D eigenvalue weighted by Gasteiger charge is -2.11. The van der Waals surface area contributed by atoms with Gasteiger partial charge in [-0.15, -0.1) is 5.10 Å². The van der Waals surface area contributed by atoms with Gasteiger partial charge >= 0.3 is 0 Å². The molecule has 24 heavy (non-hydrogen) atoms. The minimum atomic E-state index is -0.286. The van der Waals surface area contributed by atoms with Gasteiger partial charge in [-0.3, -0.25) is 4.79 Å². The van der Waals surface area contributed by atoms with Crippen LogP contribution in [0.2, 0.25) is 0 Å². The molecule has 2 aromatic carbocycles. The number of benzene rings is 2. The summed E-state index contributed by atoms with van der Waals surface area (Å²) in [5.41, 5.74) is 2.70. The molecule has 0 aliphatic carbocycles. The van der Waals surface area contributed by atoms with Gasteiger partial charge in [0.1, 0.15) is 0 Å². The first-order valence-corrected chi connectivity index (χ1v) is 8.27. The molecule has 120 valence electrons. The van der Waals surface area contributed by atoms with E-state index in [9.17, 15) is 4.79 Å². The summed E-state index contributed by atoms with van der Waals surface area (Å²) in [4.78, 5) is 11.9. The van der Waals surface area contributed by atoms with Crippen LogP contribution in [0.3, 0.4) is 0 Å². The standard InChI is InChI=1S/C16H13N5OS2/c22-15(14-10-24-21-20-14)17-12-6-8-13(9-7-12)19-16(23)18-11-4-2-1-3-5-11/h1-10H,(H,17,22)(H2,18,19,23). The average Bonchev–Trinajstić information content (AvgIpc) is 3.12. The second-order valence-corrected chi connectivity index (χ2v) is 5.78. The fraction of sp³-hybridized carbons (Fsp3) is 0. The lowest BCUT2D eigenvalue weighted by Crippen LogP contribution is -2.19. The number of aromatic nitrogens is 2. The van der Waals surface area contributed by atoms with Crippen molar-refractivity contribution in [2.24, 2.45) is 0 Å². The van der Waals surface area contributed by atoms with Gasteiger partial charge in [-0.2, -0.15) is 0 Å². The Morgan fingerprint density at radius 2 is 1.46 bits per heavy atom. The topological polar surface area (TPSA) is 78.9 Å². The van der Waals surface area contributed by atoms with Gasteiger partial charge in [-0.1, -0.05) is 22.7 Å². The fourth-order valence-corrected chi connectivity index (χ4v) is 2.58. The summed E-state index contributed by atoms with van der Waals surface area (Å²) < 4.78 is 3.67. The zero-order valence-electron chi connectivity index (χ0n) is 12.4. The van der Waals surface area contributed by atoms with Crippen molar-refractivity contribution in [3.8, 4) is 0 Å². The number of carbonyl (C=O) groups excluding carboxylic acids is 1. The Morgan fingerprint density at radius 3 is 2.04 bits per heavy atom. The number of nitrogens with one attached hydrogen (secondary N) is 3. The first kappa shape index (κ1) is 16.0. The van der Waals surface area contributed by atoms with E-state index in [1.54, 1.807) is 17.5 Å². The van der Waals surface area contributed by atoms with Crippen LogP contribution < -0.4 is 16.0 Å². The van der Waals surface area contributed by atoms with Crippen molar-refractivity contribution >= 4 is 51.8 Å². The third-order valence-corrected chi connectivity index (χ3v) is 3.73. The molecule has 0 bridgehead atoms. The molecule has 3 aromatic rings. The van der Waals surface area contributed by atoms with E-state index in [0.29, 0.717) is 16.5 Å². The van der Waals surface area contributed by atoms with E-state index in [4.69, 9.17) is 12.2 Å². The molecule has 8 heteroatoms. The Labute approximate surface area is 148 Å². The molecule has 0 aliphatic rings. The van der Waals surface area contributed by atoms with Crippen molar-refractivity contribution in [2.45, 2.75) is 0 Å². The Morgan fingerprint density at radius 1 is 0.875 bits per heavy atom. The monoisotopic (exact) mass is 355 g/mol. The van der Waals surface area contributed by atoms with Crippen molar-refractivity contribution in [1.29, 1.82) is 0 Å². The molecule has 6 nitrogen and oxygen atoms in total. The Bertz CT molecular complexity index is 819. The first-order valence-electron chi connectivity index (χ1n) is 7.02. The van der Waals surface area contributed by atoms with Crippen LogP contribution in [0.1, 0.15) is 10.5 Å². The molecule has 0 saturated heterocycles. The molecule has 0 unspecified atom stereocenters. The third-order valence-electron chi connectivity index (χ3n) is 3.02. The van der Waals surface area contributed by atoms with Crippen LogP contribution in [0.4, 0.5) is 17.1 Å². The summed E-state index contributed by atoms with van der Waals surface area (Å²) in [6.07, 6.45) is 0. The number of anilines is 3. The molecule has 0 saturated carbocycles. The fourth-order valence-electron chi connectivity index (χ4n) is 1.91. The molecular weight excluding hydrogens is 342 g/mol. The molecule has 0 atom stereocenters. The number of rotatable bonds is 4. The van der Waals surface area contributed by atoms with Crippen molar-refractivity contribution in [1.82, 2.24) is 9.59 Å². The van der Waals surface area contributed by atoms with Crippen molar-refractivity contribution in [3.63, 3.8) is 0 Å². The third kappa shape index (κ3) is 4.34. The van der Waals surface area contributed by atoms with Gasteiger partial charge in [0.15, 0.2) is 10.8 Å². The van der Waals surface area contributed by atoms with E-state index in [1.807, 2.05) is 42.5 Å². The second kappa shape index (κ2) is 7.62. The molecule has 0 spiro atoms. The molecule has 0 aliphatic heterocycles. The lowest BCUT2D eigenvalue weighted by molar-refractivity contribution is 0.102. The Balaban J connectivity index is 1.56. The van der Waals surface area contributed by atoms with Gasteiger partial charge in [0, 0.05) is 22.4 Å². The Hall–Kier alpha value is -2.84.